The number of para-hydroxylation sites is 1. The topological polar surface area (TPSA) is 42.1 Å². The van der Waals surface area contributed by atoms with E-state index in [1.54, 1.807) is 0 Å². The Balaban J connectivity index is 1.40. The number of aromatic nitrogens is 1. The molecular formula is C25H25NO2S2. The molecule has 30 heavy (non-hydrogen) atoms. The summed E-state index contributed by atoms with van der Waals surface area (Å²) in [6.45, 7) is 2.68. The van der Waals surface area contributed by atoms with Gasteiger partial charge in [0.05, 0.1) is 5.03 Å². The molecule has 2 heterocycles. The average Bonchev–Trinajstić information content (AvgIpc) is 3.45. The molecule has 6 rings (SSSR count). The summed E-state index contributed by atoms with van der Waals surface area (Å²) in [5, 5.41) is 1.73. The number of aryl methyl sites for hydroxylation is 1. The first-order chi connectivity index (χ1) is 14.7. The average molecular weight is 436 g/mol. The van der Waals surface area contributed by atoms with Crippen molar-refractivity contribution in [1.29, 1.82) is 0 Å². The van der Waals surface area contributed by atoms with E-state index in [4.69, 9.17) is 4.74 Å². The van der Waals surface area contributed by atoms with E-state index in [9.17, 15) is 4.79 Å². The van der Waals surface area contributed by atoms with Crippen molar-refractivity contribution in [2.24, 2.45) is 17.8 Å². The SMILES string of the molecule is Cc1cccc(COc2ccccc2[C@H]2c3sc(=O)[nH]c3SC3C4CCC(C4)C32)c1. The van der Waals surface area contributed by atoms with Crippen LogP contribution in [0.3, 0.4) is 0 Å². The molecule has 0 radical (unpaired) electrons. The van der Waals surface area contributed by atoms with Crippen LogP contribution in [-0.2, 0) is 6.61 Å². The molecule has 2 aromatic carbocycles. The Morgan fingerprint density at radius 1 is 1.10 bits per heavy atom. The molecule has 3 aliphatic rings. The van der Waals surface area contributed by atoms with Gasteiger partial charge in [-0.15, -0.1) is 11.8 Å². The Bertz CT molecular complexity index is 1150. The van der Waals surface area contributed by atoms with Crippen molar-refractivity contribution in [3.63, 3.8) is 0 Å². The number of thiazole rings is 1. The Labute approximate surface area is 184 Å². The largest absolute Gasteiger partial charge is 0.489 e. The number of H-pyrrole nitrogens is 1. The summed E-state index contributed by atoms with van der Waals surface area (Å²) in [6.07, 6.45) is 4.04. The minimum absolute atomic E-state index is 0.0722. The maximum Gasteiger partial charge on any atom is 0.305 e. The summed E-state index contributed by atoms with van der Waals surface area (Å²) < 4.78 is 6.39. The van der Waals surface area contributed by atoms with Crippen molar-refractivity contribution in [1.82, 2.24) is 4.98 Å². The molecule has 0 amide bonds. The zero-order valence-corrected chi connectivity index (χ0v) is 18.6. The van der Waals surface area contributed by atoms with Crippen LogP contribution in [0.4, 0.5) is 0 Å². The second kappa shape index (κ2) is 7.31. The Kier molecular flexibility index (Phi) is 4.57. The summed E-state index contributed by atoms with van der Waals surface area (Å²) in [5.41, 5.74) is 3.69. The van der Waals surface area contributed by atoms with Gasteiger partial charge in [-0.25, -0.2) is 0 Å². The fourth-order valence-corrected chi connectivity index (χ4v) is 8.91. The molecule has 0 saturated heterocycles. The van der Waals surface area contributed by atoms with Crippen LogP contribution in [-0.4, -0.2) is 10.2 Å². The van der Waals surface area contributed by atoms with Gasteiger partial charge in [0.2, 0.25) is 0 Å². The van der Waals surface area contributed by atoms with Crippen LogP contribution in [0.25, 0.3) is 0 Å². The molecule has 0 spiro atoms. The highest BCUT2D eigenvalue weighted by Gasteiger charge is 2.55. The molecule has 1 aromatic heterocycles. The summed E-state index contributed by atoms with van der Waals surface area (Å²) in [7, 11) is 0. The van der Waals surface area contributed by atoms with Gasteiger partial charge in [-0.3, -0.25) is 4.79 Å². The number of aromatic amines is 1. The lowest BCUT2D eigenvalue weighted by Crippen LogP contribution is -2.33. The third-order valence-corrected chi connectivity index (χ3v) is 9.82. The Hall–Kier alpha value is -1.98. The van der Waals surface area contributed by atoms with Crippen LogP contribution in [0, 0.1) is 24.7 Å². The molecule has 5 atom stereocenters. The fourth-order valence-electron chi connectivity index (χ4n) is 6.03. The van der Waals surface area contributed by atoms with E-state index in [-0.39, 0.29) is 10.8 Å². The third-order valence-electron chi connectivity index (χ3n) is 7.20. The van der Waals surface area contributed by atoms with Gasteiger partial charge >= 0.3 is 4.87 Å². The van der Waals surface area contributed by atoms with E-state index in [0.717, 1.165) is 22.6 Å². The molecule has 3 aromatic rings. The van der Waals surface area contributed by atoms with Crippen molar-refractivity contribution < 1.29 is 4.74 Å². The van der Waals surface area contributed by atoms with Crippen molar-refractivity contribution in [3.05, 3.63) is 79.8 Å². The standard InChI is InChI=1S/C25H25NO2S2/c1-14-5-4-6-15(11-14)13-28-19-8-3-2-7-18(19)21-20-16-9-10-17(12-16)22(20)29-24-23(21)30-25(27)26-24/h2-8,11,16-17,20-22H,9-10,12-13H2,1H3,(H,26,27)/t16?,17?,20?,21-,22?/m1/s1. The van der Waals surface area contributed by atoms with Gasteiger partial charge in [-0.1, -0.05) is 59.4 Å². The highest BCUT2D eigenvalue weighted by Crippen LogP contribution is 2.64. The third kappa shape index (κ3) is 3.05. The highest BCUT2D eigenvalue weighted by atomic mass is 32.2. The lowest BCUT2D eigenvalue weighted by Gasteiger charge is -2.40. The normalized spacial score (nSPS) is 28.9. The molecule has 2 saturated carbocycles. The van der Waals surface area contributed by atoms with Crippen molar-refractivity contribution in [3.8, 4) is 5.75 Å². The summed E-state index contributed by atoms with van der Waals surface area (Å²) in [5.74, 6) is 3.40. The number of ether oxygens (including phenoxy) is 1. The first kappa shape index (κ1) is 18.8. The molecule has 3 nitrogen and oxygen atoms in total. The lowest BCUT2D eigenvalue weighted by molar-refractivity contribution is 0.280. The number of thioether (sulfide) groups is 1. The number of hydrogen-bond acceptors (Lipinski definition) is 4. The van der Waals surface area contributed by atoms with Crippen LogP contribution >= 0.6 is 23.1 Å². The molecule has 2 aliphatic carbocycles. The summed E-state index contributed by atoms with van der Waals surface area (Å²) in [6, 6.07) is 17.0. The van der Waals surface area contributed by atoms with E-state index in [2.05, 4.69) is 60.4 Å². The molecular weight excluding hydrogens is 410 g/mol. The number of nitrogens with one attached hydrogen (secondary N) is 1. The summed E-state index contributed by atoms with van der Waals surface area (Å²) >= 11 is 3.35. The van der Waals surface area contributed by atoms with Crippen molar-refractivity contribution in [2.75, 3.05) is 0 Å². The lowest BCUT2D eigenvalue weighted by atomic mass is 9.74. The summed E-state index contributed by atoms with van der Waals surface area (Å²) in [4.78, 5) is 16.7. The molecule has 154 valence electrons. The van der Waals surface area contributed by atoms with Gasteiger partial charge in [-0.05, 0) is 55.6 Å². The number of hydrogen-bond donors (Lipinski definition) is 1. The Morgan fingerprint density at radius 2 is 1.97 bits per heavy atom. The van der Waals surface area contributed by atoms with Crippen LogP contribution in [0.15, 0.2) is 58.4 Å². The zero-order valence-electron chi connectivity index (χ0n) is 17.0. The zero-order chi connectivity index (χ0) is 20.2. The smallest absolute Gasteiger partial charge is 0.305 e. The molecule has 4 unspecified atom stereocenters. The van der Waals surface area contributed by atoms with Gasteiger partial charge in [0.25, 0.3) is 0 Å². The van der Waals surface area contributed by atoms with E-state index < -0.39 is 0 Å². The molecule has 5 heteroatoms. The van der Waals surface area contributed by atoms with Crippen LogP contribution in [0.1, 0.15) is 46.7 Å². The van der Waals surface area contributed by atoms with Crippen molar-refractivity contribution in [2.45, 2.75) is 49.0 Å². The van der Waals surface area contributed by atoms with E-state index in [1.807, 2.05) is 11.8 Å². The molecule has 1 N–H and O–H groups in total. The minimum atomic E-state index is 0.0722. The second-order valence-corrected chi connectivity index (χ2v) is 11.2. The highest BCUT2D eigenvalue weighted by molar-refractivity contribution is 8.00. The van der Waals surface area contributed by atoms with Gasteiger partial charge in [0.1, 0.15) is 12.4 Å². The van der Waals surface area contributed by atoms with Crippen molar-refractivity contribution >= 4 is 23.1 Å². The first-order valence-electron chi connectivity index (χ1n) is 10.8. The molecule has 1 aliphatic heterocycles. The first-order valence-corrected chi connectivity index (χ1v) is 12.5. The fraction of sp³-hybridized carbons (Fsp3) is 0.400. The maximum absolute atomic E-state index is 12.3. The quantitative estimate of drug-likeness (QED) is 0.548. The van der Waals surface area contributed by atoms with Gasteiger partial charge in [0, 0.05) is 21.6 Å². The van der Waals surface area contributed by atoms with E-state index in [1.165, 1.54) is 52.2 Å². The second-order valence-electron chi connectivity index (χ2n) is 8.99. The van der Waals surface area contributed by atoms with Gasteiger partial charge < -0.3 is 9.72 Å². The Morgan fingerprint density at radius 3 is 2.87 bits per heavy atom. The van der Waals surface area contributed by atoms with E-state index in [0.29, 0.717) is 17.8 Å². The van der Waals surface area contributed by atoms with Crippen LogP contribution < -0.4 is 9.61 Å². The number of benzene rings is 2. The van der Waals surface area contributed by atoms with Gasteiger partial charge in [0.15, 0.2) is 0 Å². The monoisotopic (exact) mass is 435 g/mol. The predicted molar refractivity (Wildman–Crippen MR) is 123 cm³/mol. The van der Waals surface area contributed by atoms with Crippen LogP contribution in [0.5, 0.6) is 5.75 Å². The molecule has 2 bridgehead atoms. The minimum Gasteiger partial charge on any atom is -0.489 e. The number of fused-ring (bicyclic) bond motifs is 6. The van der Waals surface area contributed by atoms with E-state index >= 15 is 0 Å². The molecule has 2 fully saturated rings. The maximum atomic E-state index is 12.3. The van der Waals surface area contributed by atoms with Crippen LogP contribution in [0.2, 0.25) is 0 Å². The number of rotatable bonds is 4. The predicted octanol–water partition coefficient (Wildman–Crippen LogP) is 5.98. The van der Waals surface area contributed by atoms with Gasteiger partial charge in [-0.2, -0.15) is 0 Å².